The maximum absolute atomic E-state index is 5.16. The lowest BCUT2D eigenvalue weighted by Gasteiger charge is -2.12. The first-order valence-electron chi connectivity index (χ1n) is 12.6. The third-order valence-corrected chi connectivity index (χ3v) is 7.16. The van der Waals surface area contributed by atoms with Crippen LogP contribution in [0.3, 0.4) is 0 Å². The first-order valence-corrected chi connectivity index (χ1v) is 12.6. The molecule has 1 aliphatic rings. The Morgan fingerprint density at radius 1 is 0.378 bits per heavy atom. The van der Waals surface area contributed by atoms with Gasteiger partial charge >= 0.3 is 0 Å². The topological polar surface area (TPSA) is 25.8 Å². The number of benzene rings is 5. The second-order valence-electron chi connectivity index (χ2n) is 9.44. The lowest BCUT2D eigenvalue weighted by atomic mass is 9.99. The van der Waals surface area contributed by atoms with Crippen LogP contribution >= 0.6 is 0 Å². The molecule has 0 saturated heterocycles. The Labute approximate surface area is 217 Å². The minimum Gasteiger partial charge on any atom is -0.228 e. The van der Waals surface area contributed by atoms with Crippen molar-refractivity contribution in [3.63, 3.8) is 0 Å². The highest BCUT2D eigenvalue weighted by atomic mass is 14.9. The van der Waals surface area contributed by atoms with E-state index in [1.165, 1.54) is 38.9 Å². The van der Waals surface area contributed by atoms with Crippen molar-refractivity contribution in [1.29, 1.82) is 0 Å². The molecule has 0 atom stereocenters. The highest BCUT2D eigenvalue weighted by Gasteiger charge is 2.25. The van der Waals surface area contributed by atoms with Gasteiger partial charge in [0, 0.05) is 28.7 Å². The molecule has 1 aromatic heterocycles. The summed E-state index contributed by atoms with van der Waals surface area (Å²) in [5.74, 6) is 0.761. The molecule has 6 aromatic rings. The Bertz CT molecular complexity index is 1700. The van der Waals surface area contributed by atoms with E-state index < -0.39 is 0 Å². The summed E-state index contributed by atoms with van der Waals surface area (Å²) >= 11 is 0. The van der Waals surface area contributed by atoms with E-state index in [0.29, 0.717) is 0 Å². The zero-order chi connectivity index (χ0) is 24.6. The molecule has 0 unspecified atom stereocenters. The molecule has 0 aliphatic heterocycles. The maximum atomic E-state index is 5.16. The summed E-state index contributed by atoms with van der Waals surface area (Å²) in [7, 11) is 0. The molecule has 2 heteroatoms. The summed E-state index contributed by atoms with van der Waals surface area (Å²) in [6.07, 6.45) is 0.856. The summed E-state index contributed by atoms with van der Waals surface area (Å²) in [4.78, 5) is 10.3. The van der Waals surface area contributed by atoms with Crippen molar-refractivity contribution < 1.29 is 0 Å². The highest BCUT2D eigenvalue weighted by Crippen LogP contribution is 2.41. The van der Waals surface area contributed by atoms with Crippen LogP contribution in [0.2, 0.25) is 0 Å². The summed E-state index contributed by atoms with van der Waals surface area (Å²) < 4.78 is 0. The van der Waals surface area contributed by atoms with Crippen LogP contribution in [0.15, 0.2) is 133 Å². The van der Waals surface area contributed by atoms with Crippen molar-refractivity contribution >= 4 is 0 Å². The molecule has 1 heterocycles. The Morgan fingerprint density at radius 2 is 0.838 bits per heavy atom. The smallest absolute Gasteiger partial charge is 0.160 e. The van der Waals surface area contributed by atoms with E-state index in [1.54, 1.807) is 0 Å². The Kier molecular flexibility index (Phi) is 5.22. The van der Waals surface area contributed by atoms with Crippen LogP contribution in [0, 0.1) is 0 Å². The van der Waals surface area contributed by atoms with Gasteiger partial charge in [-0.15, -0.1) is 0 Å². The fourth-order valence-corrected chi connectivity index (χ4v) is 5.23. The van der Waals surface area contributed by atoms with E-state index >= 15 is 0 Å². The van der Waals surface area contributed by atoms with Gasteiger partial charge in [-0.25, -0.2) is 9.97 Å². The maximum Gasteiger partial charge on any atom is 0.160 e. The highest BCUT2D eigenvalue weighted by molar-refractivity contribution is 5.83. The van der Waals surface area contributed by atoms with Crippen molar-refractivity contribution in [2.75, 3.05) is 0 Å². The number of nitrogens with zero attached hydrogens (tertiary/aromatic N) is 2. The second kappa shape index (κ2) is 9.00. The van der Waals surface area contributed by atoms with Gasteiger partial charge in [0.15, 0.2) is 5.82 Å². The lowest BCUT2D eigenvalue weighted by Crippen LogP contribution is -1.99. The third kappa shape index (κ3) is 3.93. The van der Waals surface area contributed by atoms with E-state index in [2.05, 4.69) is 121 Å². The van der Waals surface area contributed by atoms with Gasteiger partial charge in [-0.1, -0.05) is 133 Å². The quantitative estimate of drug-likeness (QED) is 0.256. The molecule has 0 fully saturated rings. The van der Waals surface area contributed by atoms with E-state index in [0.717, 1.165) is 34.8 Å². The standard InChI is InChI=1S/C35H24N2/c1-3-9-24(10-4-1)26-15-19-28(20-16-26)33-32-23-30-13-7-8-14-31(30)34(32)37-35(36-33)29-21-17-27(18-22-29)25-11-5-2-6-12-25/h1-22H,23H2. The van der Waals surface area contributed by atoms with Crippen LogP contribution < -0.4 is 0 Å². The van der Waals surface area contributed by atoms with Crippen molar-refractivity contribution in [3.8, 4) is 56.2 Å². The molecule has 174 valence electrons. The Hall–Kier alpha value is -4.82. The molecule has 1 aliphatic carbocycles. The largest absolute Gasteiger partial charge is 0.228 e. The van der Waals surface area contributed by atoms with Crippen LogP contribution in [0.25, 0.3) is 56.2 Å². The molecule has 7 rings (SSSR count). The average molecular weight is 473 g/mol. The van der Waals surface area contributed by atoms with Gasteiger partial charge in [0.05, 0.1) is 11.4 Å². The van der Waals surface area contributed by atoms with Crippen LogP contribution in [-0.2, 0) is 6.42 Å². The predicted octanol–water partition coefficient (Wildman–Crippen LogP) is 8.72. The predicted molar refractivity (Wildman–Crippen MR) is 152 cm³/mol. The number of aromatic nitrogens is 2. The third-order valence-electron chi connectivity index (χ3n) is 7.16. The zero-order valence-corrected chi connectivity index (χ0v) is 20.3. The van der Waals surface area contributed by atoms with Crippen molar-refractivity contribution in [2.45, 2.75) is 6.42 Å². The molecule has 0 bridgehead atoms. The number of rotatable bonds is 4. The minimum atomic E-state index is 0.761. The average Bonchev–Trinajstić information content (AvgIpc) is 3.37. The summed E-state index contributed by atoms with van der Waals surface area (Å²) in [5.41, 5.74) is 12.8. The van der Waals surface area contributed by atoms with E-state index in [4.69, 9.17) is 9.97 Å². The molecule has 0 amide bonds. The number of hydrogen-bond acceptors (Lipinski definition) is 2. The summed E-state index contributed by atoms with van der Waals surface area (Å²) in [6, 6.07) is 46.9. The molecular weight excluding hydrogens is 448 g/mol. The second-order valence-corrected chi connectivity index (χ2v) is 9.44. The van der Waals surface area contributed by atoms with Crippen LogP contribution in [-0.4, -0.2) is 9.97 Å². The molecule has 2 nitrogen and oxygen atoms in total. The van der Waals surface area contributed by atoms with Crippen molar-refractivity contribution in [1.82, 2.24) is 9.97 Å². The van der Waals surface area contributed by atoms with Gasteiger partial charge in [0.25, 0.3) is 0 Å². The Morgan fingerprint density at radius 3 is 1.46 bits per heavy atom. The summed E-state index contributed by atoms with van der Waals surface area (Å²) in [6.45, 7) is 0. The fraction of sp³-hybridized carbons (Fsp3) is 0.0286. The fourth-order valence-electron chi connectivity index (χ4n) is 5.23. The van der Waals surface area contributed by atoms with Gasteiger partial charge < -0.3 is 0 Å². The van der Waals surface area contributed by atoms with Crippen molar-refractivity contribution in [3.05, 3.63) is 145 Å². The van der Waals surface area contributed by atoms with Crippen LogP contribution in [0.5, 0.6) is 0 Å². The number of hydrogen-bond donors (Lipinski definition) is 0. The van der Waals surface area contributed by atoms with Gasteiger partial charge in [0.1, 0.15) is 0 Å². The van der Waals surface area contributed by atoms with Gasteiger partial charge in [-0.3, -0.25) is 0 Å². The lowest BCUT2D eigenvalue weighted by molar-refractivity contribution is 1.13. The van der Waals surface area contributed by atoms with Gasteiger partial charge in [-0.05, 0) is 27.8 Å². The normalized spacial score (nSPS) is 11.7. The van der Waals surface area contributed by atoms with E-state index in [9.17, 15) is 0 Å². The molecule has 0 radical (unpaired) electrons. The molecule has 37 heavy (non-hydrogen) atoms. The van der Waals surface area contributed by atoms with Crippen LogP contribution in [0.4, 0.5) is 0 Å². The van der Waals surface area contributed by atoms with Crippen molar-refractivity contribution in [2.24, 2.45) is 0 Å². The van der Waals surface area contributed by atoms with Gasteiger partial charge in [-0.2, -0.15) is 0 Å². The van der Waals surface area contributed by atoms with Crippen LogP contribution in [0.1, 0.15) is 11.1 Å². The SMILES string of the molecule is c1ccc(-c2ccc(-c3nc(-c4ccc(-c5ccccc5)cc4)c4c(n3)-c3ccccc3C4)cc2)cc1. The van der Waals surface area contributed by atoms with Gasteiger partial charge in [0.2, 0.25) is 0 Å². The molecule has 0 saturated carbocycles. The summed E-state index contributed by atoms with van der Waals surface area (Å²) in [5, 5.41) is 0. The molecule has 0 N–H and O–H groups in total. The van der Waals surface area contributed by atoms with E-state index in [1.807, 2.05) is 12.1 Å². The molecular formula is C35H24N2. The minimum absolute atomic E-state index is 0.761. The first kappa shape index (κ1) is 21.5. The monoisotopic (exact) mass is 472 g/mol. The first-order chi connectivity index (χ1) is 18.3. The van der Waals surface area contributed by atoms with E-state index in [-0.39, 0.29) is 0 Å². The molecule has 0 spiro atoms. The zero-order valence-electron chi connectivity index (χ0n) is 20.3. The molecule has 5 aromatic carbocycles. The Balaban J connectivity index is 1.34. The number of fused-ring (bicyclic) bond motifs is 3.